The molecule has 2 spiro atoms. The third kappa shape index (κ3) is 17.0. The number of nitrogens with zero attached hydrogens (tertiary/aromatic N) is 10. The van der Waals surface area contributed by atoms with Crippen molar-refractivity contribution in [2.75, 3.05) is 67.2 Å². The fourth-order valence-electron chi connectivity index (χ4n) is 19.0. The summed E-state index contributed by atoms with van der Waals surface area (Å²) < 4.78 is 95.7. The number of imide groups is 2. The van der Waals surface area contributed by atoms with Gasteiger partial charge in [-0.1, -0.05) is 26.0 Å². The standard InChI is InChI=1S/2C43H45F3N8O5S/c2*1-2-26-19-31(54-41(60)53(40(58)42(54)14-4-15-42)32-21-33(43(44,45)46)35(22-47)48-23-32)9-11-36(26)59-16-13-25-17-29-7-8-30(18-25)52(29)24-38(56)50-28-6-3-5-27(20-28)49-34-10-12-37(55)51-39(34)57/h2*3,5-6,9,11,19-21,23,25,29-30,34,49H,2,4,7-8,10,12-18,24H2,1H3,(H,50,56)(H,51,55,57)/t2*25?,29-,30+,34?. The molecule has 2 aromatic heterocycles. The lowest BCUT2D eigenvalue weighted by Crippen LogP contribution is -2.55. The van der Waals surface area contributed by atoms with Gasteiger partial charge in [-0.2, -0.15) is 36.9 Å². The smallest absolute Gasteiger partial charge is 0.419 e. The quantitative estimate of drug-likeness (QED) is 0.0186. The van der Waals surface area contributed by atoms with Crippen molar-refractivity contribution in [1.29, 1.82) is 10.5 Å². The zero-order valence-electron chi connectivity index (χ0n) is 66.0. The number of anilines is 8. The van der Waals surface area contributed by atoms with Crippen LogP contribution in [0, 0.1) is 34.5 Å². The number of ether oxygens (including phenoxy) is 2. The molecule has 8 saturated heterocycles. The van der Waals surface area contributed by atoms with E-state index in [9.17, 15) is 75.2 Å². The van der Waals surface area contributed by atoms with Gasteiger partial charge in [0.2, 0.25) is 35.4 Å². The Hall–Kier alpha value is -11.2. The summed E-state index contributed by atoms with van der Waals surface area (Å²) in [6, 6.07) is 30.4. The van der Waals surface area contributed by atoms with Crippen LogP contribution in [0.5, 0.6) is 11.5 Å². The van der Waals surface area contributed by atoms with Crippen molar-refractivity contribution in [2.45, 2.75) is 215 Å². The Labute approximate surface area is 699 Å². The summed E-state index contributed by atoms with van der Waals surface area (Å²) in [5.74, 6) is 0.0239. The second kappa shape index (κ2) is 34.5. The van der Waals surface area contributed by atoms with Crippen molar-refractivity contribution in [3.63, 3.8) is 0 Å². The minimum atomic E-state index is -4.84. The predicted molar refractivity (Wildman–Crippen MR) is 440 cm³/mol. The van der Waals surface area contributed by atoms with E-state index in [0.29, 0.717) is 148 Å². The summed E-state index contributed by atoms with van der Waals surface area (Å²) in [7, 11) is 0. The normalized spacial score (nSPS) is 23.6. The van der Waals surface area contributed by atoms with Crippen molar-refractivity contribution >= 4 is 127 Å². The minimum Gasteiger partial charge on any atom is -0.493 e. The third-order valence-electron chi connectivity index (χ3n) is 25.3. The number of halogens is 6. The second-order valence-corrected chi connectivity index (χ2v) is 33.3. The van der Waals surface area contributed by atoms with E-state index in [1.165, 1.54) is 12.1 Å². The molecule has 8 aliphatic heterocycles. The first-order chi connectivity index (χ1) is 57.5. The summed E-state index contributed by atoms with van der Waals surface area (Å²) in [6.45, 7) is 5.60. The highest BCUT2D eigenvalue weighted by Crippen LogP contribution is 2.52. The molecule has 10 fully saturated rings. The molecule has 0 radical (unpaired) electrons. The SMILES string of the molecule is CCc1cc(N2C(=S)N(c3cnc(C#N)c(C(F)(F)F)c3)C(=O)C23CCC3)ccc1OCCC1C[C@H]2CC[C@@H](C1)N2CC(=O)Nc1cccc(NC2CCC(=O)NC2=O)c1.CCc1cc(N2C(=S)N(c3cnc(C#N)c(C(F)(F)F)c3)C(=O)C23CCC3)ccc1OCCC1C[C@H]2CC[C@@H](C1)N2CC(=O)Nc1cccc(NC2CCC(=O)NC2=O)c1. The van der Waals surface area contributed by atoms with Gasteiger partial charge in [-0.15, -0.1) is 0 Å². The maximum atomic E-state index is 14.0. The molecule has 6 N–H and O–H groups in total. The van der Waals surface area contributed by atoms with E-state index in [1.807, 2.05) is 74.5 Å². The molecule has 4 aromatic carbocycles. The molecule has 6 aromatic rings. The number of alkyl halides is 6. The molecule has 4 bridgehead atoms. The van der Waals surface area contributed by atoms with Crippen LogP contribution < -0.4 is 61.0 Å². The number of piperidine rings is 4. The molecule has 10 aliphatic rings. The first-order valence-electron chi connectivity index (χ1n) is 40.9. The van der Waals surface area contributed by atoms with Crippen LogP contribution in [0.15, 0.2) is 109 Å². The van der Waals surface area contributed by atoms with Crippen molar-refractivity contribution in [3.8, 4) is 23.6 Å². The van der Waals surface area contributed by atoms with Crippen LogP contribution in [0.2, 0.25) is 0 Å². The van der Waals surface area contributed by atoms with Crippen LogP contribution in [0.1, 0.15) is 176 Å². The molecular formula is C86H90F6N16O10S2. The van der Waals surface area contributed by atoms with Crippen LogP contribution in [0.25, 0.3) is 0 Å². The Morgan fingerprint density at radius 1 is 0.525 bits per heavy atom. The summed E-state index contributed by atoms with van der Waals surface area (Å²) in [4.78, 5) is 120. The molecule has 2 aliphatic carbocycles. The van der Waals surface area contributed by atoms with Crippen molar-refractivity contribution < 1.29 is 74.2 Å². The number of fused-ring (bicyclic) bond motifs is 4. The molecule has 4 unspecified atom stereocenters. The number of nitrogens with one attached hydrogen (secondary N) is 6. The molecule has 120 heavy (non-hydrogen) atoms. The number of aryl methyl sites for hydroxylation is 2. The van der Waals surface area contributed by atoms with Crippen LogP contribution in [-0.2, 0) is 63.6 Å². The second-order valence-electron chi connectivity index (χ2n) is 32.6. The van der Waals surface area contributed by atoms with Gasteiger partial charge >= 0.3 is 12.4 Å². The van der Waals surface area contributed by atoms with Crippen molar-refractivity contribution in [3.05, 3.63) is 143 Å². The largest absolute Gasteiger partial charge is 0.493 e. The van der Waals surface area contributed by atoms with Gasteiger partial charge in [0.1, 0.15) is 46.8 Å². The van der Waals surface area contributed by atoms with E-state index in [-0.39, 0.29) is 69.9 Å². The van der Waals surface area contributed by atoms with Crippen LogP contribution in [-0.4, -0.2) is 151 Å². The molecule has 628 valence electrons. The number of amides is 8. The zero-order valence-corrected chi connectivity index (χ0v) is 67.7. The Morgan fingerprint density at radius 2 is 0.900 bits per heavy atom. The Bertz CT molecular complexity index is 4840. The number of carbonyl (C=O) groups is 8. The van der Waals surface area contributed by atoms with Gasteiger partial charge < -0.3 is 40.5 Å². The van der Waals surface area contributed by atoms with Crippen molar-refractivity contribution in [2.24, 2.45) is 11.8 Å². The van der Waals surface area contributed by atoms with Gasteiger partial charge in [0.15, 0.2) is 21.6 Å². The molecule has 16 rings (SSSR count). The summed E-state index contributed by atoms with van der Waals surface area (Å²) in [6.07, 6.45) is 8.31. The molecule has 34 heteroatoms. The van der Waals surface area contributed by atoms with Crippen molar-refractivity contribution in [1.82, 2.24) is 30.4 Å². The lowest BCUT2D eigenvalue weighted by atomic mass is 9.75. The average Bonchev–Trinajstić information content (AvgIpc) is 1.56. The fourth-order valence-corrected chi connectivity index (χ4v) is 20.0. The Morgan fingerprint density at radius 3 is 1.23 bits per heavy atom. The van der Waals surface area contributed by atoms with E-state index < -0.39 is 69.8 Å². The number of thiocarbonyl (C=S) groups is 2. The number of rotatable bonds is 24. The number of aromatic nitrogens is 2. The van der Waals surface area contributed by atoms with Crippen LogP contribution in [0.4, 0.5) is 71.8 Å². The number of carbonyl (C=O) groups excluding carboxylic acids is 8. The first kappa shape index (κ1) is 83.8. The highest BCUT2D eigenvalue weighted by molar-refractivity contribution is 7.81. The molecule has 10 heterocycles. The van der Waals surface area contributed by atoms with Crippen LogP contribution in [0.3, 0.4) is 0 Å². The fraction of sp³-hybridized carbons (Fsp3) is 0.465. The third-order valence-corrected chi connectivity index (χ3v) is 26.0. The Balaban J connectivity index is 0.000000187. The number of pyridine rings is 2. The van der Waals surface area contributed by atoms with Crippen LogP contribution >= 0.6 is 24.4 Å². The number of nitriles is 2. The highest BCUT2D eigenvalue weighted by atomic mass is 32.1. The average molecular weight is 1690 g/mol. The van der Waals surface area contributed by atoms with E-state index in [0.717, 1.165) is 134 Å². The summed E-state index contributed by atoms with van der Waals surface area (Å²) >= 11 is 11.6. The number of hydrogen-bond acceptors (Lipinski definition) is 20. The van der Waals surface area contributed by atoms with Gasteiger partial charge in [-0.25, -0.2) is 9.97 Å². The monoisotopic (exact) mass is 1680 g/mol. The Kier molecular flexibility index (Phi) is 24.1. The molecule has 26 nitrogen and oxygen atoms in total. The van der Waals surface area contributed by atoms with Gasteiger partial charge in [0.05, 0.1) is 61.2 Å². The zero-order chi connectivity index (χ0) is 84.7. The topological polar surface area (TPSA) is 320 Å². The molecular weight excluding hydrogens is 1600 g/mol. The lowest BCUT2D eigenvalue weighted by molar-refractivity contribution is -0.138. The first-order valence-corrected chi connectivity index (χ1v) is 41.7. The van der Waals surface area contributed by atoms with E-state index in [4.69, 9.17) is 33.9 Å². The maximum absolute atomic E-state index is 14.0. The van der Waals surface area contributed by atoms with Gasteiger partial charge in [-0.3, -0.25) is 68.6 Å². The molecule has 8 atom stereocenters. The van der Waals surface area contributed by atoms with Gasteiger partial charge in [0, 0.05) is 71.1 Å². The van der Waals surface area contributed by atoms with E-state index >= 15 is 0 Å². The lowest BCUT2D eigenvalue weighted by Gasteiger charge is -2.43. The highest BCUT2D eigenvalue weighted by Gasteiger charge is 2.62. The molecule has 2 saturated carbocycles. The van der Waals surface area contributed by atoms with E-state index in [1.54, 1.807) is 34.1 Å². The molecule has 8 amide bonds. The van der Waals surface area contributed by atoms with Gasteiger partial charge in [-0.05, 0) is 261 Å². The minimum absolute atomic E-state index is 0.0574. The summed E-state index contributed by atoms with van der Waals surface area (Å²) in [5.41, 5.74) is -0.558. The van der Waals surface area contributed by atoms with Gasteiger partial charge in [0.25, 0.3) is 11.8 Å². The maximum Gasteiger partial charge on any atom is 0.419 e. The number of benzene rings is 4. The number of hydrogen-bond donors (Lipinski definition) is 6. The van der Waals surface area contributed by atoms with E-state index in [2.05, 4.69) is 51.7 Å². The summed E-state index contributed by atoms with van der Waals surface area (Å²) in [5, 5.41) is 35.6. The predicted octanol–water partition coefficient (Wildman–Crippen LogP) is 12.9.